The SMILES string of the molecule is CC(NC(=O)C(C)C1(c2cccc(Cl)c2)CCN(C)CC1)c1cc(Cl)cc(Cl)c1. The molecule has 6 heteroatoms. The normalized spacial score (nSPS) is 18.8. The number of nitrogens with one attached hydrogen (secondary N) is 1. The summed E-state index contributed by atoms with van der Waals surface area (Å²) in [6.07, 6.45) is 1.83. The van der Waals surface area contributed by atoms with E-state index in [1.165, 1.54) is 0 Å². The summed E-state index contributed by atoms with van der Waals surface area (Å²) in [6.45, 7) is 5.87. The highest BCUT2D eigenvalue weighted by Gasteiger charge is 2.43. The Morgan fingerprint density at radius 2 is 1.62 bits per heavy atom. The minimum atomic E-state index is -0.243. The smallest absolute Gasteiger partial charge is 0.224 e. The van der Waals surface area contributed by atoms with Gasteiger partial charge >= 0.3 is 0 Å². The summed E-state index contributed by atoms with van der Waals surface area (Å²) in [5.74, 6) is -0.176. The second kappa shape index (κ2) is 9.26. The van der Waals surface area contributed by atoms with Crippen molar-refractivity contribution < 1.29 is 4.79 Å². The van der Waals surface area contributed by atoms with Gasteiger partial charge in [-0.1, -0.05) is 53.9 Å². The van der Waals surface area contributed by atoms with E-state index in [0.717, 1.165) is 37.1 Å². The molecule has 3 rings (SSSR count). The largest absolute Gasteiger partial charge is 0.349 e. The van der Waals surface area contributed by atoms with E-state index >= 15 is 0 Å². The maximum Gasteiger partial charge on any atom is 0.224 e. The number of likely N-dealkylation sites (tertiary alicyclic amines) is 1. The van der Waals surface area contributed by atoms with Crippen molar-refractivity contribution in [3.8, 4) is 0 Å². The van der Waals surface area contributed by atoms with Gasteiger partial charge in [0.25, 0.3) is 0 Å². The monoisotopic (exact) mass is 452 g/mol. The Hall–Kier alpha value is -1.26. The molecule has 0 aliphatic carbocycles. The summed E-state index contributed by atoms with van der Waals surface area (Å²) in [4.78, 5) is 15.6. The Kier molecular flexibility index (Phi) is 7.16. The van der Waals surface area contributed by atoms with Crippen molar-refractivity contribution in [2.75, 3.05) is 20.1 Å². The van der Waals surface area contributed by atoms with Gasteiger partial charge in [0, 0.05) is 26.4 Å². The summed E-state index contributed by atoms with van der Waals surface area (Å²) in [7, 11) is 2.12. The molecule has 1 aliphatic rings. The van der Waals surface area contributed by atoms with Gasteiger partial charge in [-0.25, -0.2) is 0 Å². The minimum absolute atomic E-state index is 0.0260. The average molecular weight is 454 g/mol. The number of rotatable bonds is 5. The molecule has 0 radical (unpaired) electrons. The van der Waals surface area contributed by atoms with Crippen LogP contribution in [0.15, 0.2) is 42.5 Å². The van der Waals surface area contributed by atoms with Crippen molar-refractivity contribution in [1.29, 1.82) is 0 Å². The number of benzene rings is 2. The van der Waals surface area contributed by atoms with E-state index in [9.17, 15) is 4.79 Å². The topological polar surface area (TPSA) is 32.3 Å². The number of halogens is 3. The third kappa shape index (κ3) is 5.08. The molecule has 2 atom stereocenters. The maximum absolute atomic E-state index is 13.3. The fourth-order valence-corrected chi connectivity index (χ4v) is 5.02. The summed E-state index contributed by atoms with van der Waals surface area (Å²) >= 11 is 18.6. The van der Waals surface area contributed by atoms with Crippen LogP contribution in [0.25, 0.3) is 0 Å². The second-order valence-corrected chi connectivity index (χ2v) is 9.43. The zero-order valence-electron chi connectivity index (χ0n) is 17.0. The molecule has 1 fully saturated rings. The predicted octanol–water partition coefficient (Wildman–Crippen LogP) is 6.12. The number of piperidine rings is 1. The summed E-state index contributed by atoms with van der Waals surface area (Å²) in [5.41, 5.74) is 1.79. The van der Waals surface area contributed by atoms with Crippen molar-refractivity contribution in [2.45, 2.75) is 38.1 Å². The predicted molar refractivity (Wildman–Crippen MR) is 122 cm³/mol. The van der Waals surface area contributed by atoms with Crippen molar-refractivity contribution in [1.82, 2.24) is 10.2 Å². The second-order valence-electron chi connectivity index (χ2n) is 8.12. The van der Waals surface area contributed by atoms with E-state index in [0.29, 0.717) is 15.1 Å². The first-order valence-corrected chi connectivity index (χ1v) is 11.1. The molecule has 1 amide bonds. The highest BCUT2D eigenvalue weighted by Crippen LogP contribution is 2.43. The fourth-order valence-electron chi connectivity index (χ4n) is 4.29. The molecular formula is C23H27Cl3N2O. The van der Waals surface area contributed by atoms with Crippen LogP contribution >= 0.6 is 34.8 Å². The van der Waals surface area contributed by atoms with Gasteiger partial charge in [-0.3, -0.25) is 4.79 Å². The maximum atomic E-state index is 13.3. The van der Waals surface area contributed by atoms with Gasteiger partial charge in [-0.15, -0.1) is 0 Å². The van der Waals surface area contributed by atoms with Crippen molar-refractivity contribution in [3.63, 3.8) is 0 Å². The molecule has 156 valence electrons. The molecule has 1 saturated heterocycles. The third-order valence-corrected chi connectivity index (χ3v) is 6.92. The van der Waals surface area contributed by atoms with Crippen LogP contribution in [0, 0.1) is 5.92 Å². The molecule has 0 bridgehead atoms. The number of amides is 1. The molecule has 2 unspecified atom stereocenters. The Labute approximate surface area is 188 Å². The molecule has 3 nitrogen and oxygen atoms in total. The first-order chi connectivity index (χ1) is 13.7. The molecule has 2 aromatic carbocycles. The Morgan fingerprint density at radius 1 is 1.00 bits per heavy atom. The molecule has 1 N–H and O–H groups in total. The van der Waals surface area contributed by atoms with Gasteiger partial charge in [0.2, 0.25) is 5.91 Å². The van der Waals surface area contributed by atoms with Crippen molar-refractivity contribution >= 4 is 40.7 Å². The molecule has 2 aromatic rings. The minimum Gasteiger partial charge on any atom is -0.349 e. The van der Waals surface area contributed by atoms with Gasteiger partial charge in [-0.05, 0) is 81.4 Å². The molecule has 29 heavy (non-hydrogen) atoms. The molecule has 0 spiro atoms. The van der Waals surface area contributed by atoms with Crippen LogP contribution in [-0.4, -0.2) is 30.9 Å². The van der Waals surface area contributed by atoms with Crippen LogP contribution in [0.5, 0.6) is 0 Å². The first-order valence-electron chi connectivity index (χ1n) is 9.92. The molecule has 1 heterocycles. The van der Waals surface area contributed by atoms with Gasteiger partial charge < -0.3 is 10.2 Å². The van der Waals surface area contributed by atoms with Gasteiger partial charge in [0.1, 0.15) is 0 Å². The van der Waals surface area contributed by atoms with E-state index in [1.807, 2.05) is 44.2 Å². The van der Waals surface area contributed by atoms with Crippen LogP contribution in [0.4, 0.5) is 0 Å². The quantitative estimate of drug-likeness (QED) is 0.591. The molecular weight excluding hydrogens is 427 g/mol. The van der Waals surface area contributed by atoms with Crippen LogP contribution in [-0.2, 0) is 10.2 Å². The van der Waals surface area contributed by atoms with Gasteiger partial charge in [0.05, 0.1) is 6.04 Å². The summed E-state index contributed by atoms with van der Waals surface area (Å²) in [5, 5.41) is 4.99. The molecule has 0 aromatic heterocycles. The standard InChI is InChI=1S/C23H27Cl3N2O/c1-15(22(29)27-16(2)17-11-20(25)14-21(26)12-17)23(7-9-28(3)10-8-23)18-5-4-6-19(24)13-18/h4-6,11-16H,7-10H2,1-3H3,(H,27,29). The van der Waals surface area contributed by atoms with E-state index < -0.39 is 0 Å². The fraction of sp³-hybridized carbons (Fsp3) is 0.435. The number of hydrogen-bond donors (Lipinski definition) is 1. The zero-order valence-corrected chi connectivity index (χ0v) is 19.3. The lowest BCUT2D eigenvalue weighted by atomic mass is 9.64. The van der Waals surface area contributed by atoms with E-state index in [-0.39, 0.29) is 23.3 Å². The Morgan fingerprint density at radius 3 is 2.21 bits per heavy atom. The Bertz CT molecular complexity index is 858. The lowest BCUT2D eigenvalue weighted by molar-refractivity contribution is -0.128. The first kappa shape index (κ1) is 22.4. The van der Waals surface area contributed by atoms with Gasteiger partial charge in [-0.2, -0.15) is 0 Å². The van der Waals surface area contributed by atoms with Crippen LogP contribution in [0.2, 0.25) is 15.1 Å². The van der Waals surface area contributed by atoms with Crippen LogP contribution < -0.4 is 5.32 Å². The number of carbonyl (C=O) groups is 1. The van der Waals surface area contributed by atoms with E-state index in [4.69, 9.17) is 34.8 Å². The summed E-state index contributed by atoms with van der Waals surface area (Å²) < 4.78 is 0. The number of nitrogens with zero attached hydrogens (tertiary/aromatic N) is 1. The number of hydrogen-bond acceptors (Lipinski definition) is 2. The Balaban J connectivity index is 1.85. The molecule has 0 saturated carbocycles. The lowest BCUT2D eigenvalue weighted by Crippen LogP contribution is -2.50. The summed E-state index contributed by atoms with van der Waals surface area (Å²) in [6, 6.07) is 13.1. The zero-order chi connectivity index (χ0) is 21.2. The van der Waals surface area contributed by atoms with Crippen LogP contribution in [0.1, 0.15) is 43.9 Å². The lowest BCUT2D eigenvalue weighted by Gasteiger charge is -2.45. The number of carbonyl (C=O) groups excluding carboxylic acids is 1. The third-order valence-electron chi connectivity index (χ3n) is 6.24. The van der Waals surface area contributed by atoms with Crippen molar-refractivity contribution in [3.05, 3.63) is 68.7 Å². The average Bonchev–Trinajstić information content (AvgIpc) is 2.67. The van der Waals surface area contributed by atoms with Gasteiger partial charge in [0.15, 0.2) is 0 Å². The van der Waals surface area contributed by atoms with Crippen LogP contribution in [0.3, 0.4) is 0 Å². The van der Waals surface area contributed by atoms with E-state index in [1.54, 1.807) is 6.07 Å². The molecule has 1 aliphatic heterocycles. The van der Waals surface area contributed by atoms with E-state index in [2.05, 4.69) is 23.3 Å². The highest BCUT2D eigenvalue weighted by molar-refractivity contribution is 6.34. The van der Waals surface area contributed by atoms with Crippen molar-refractivity contribution in [2.24, 2.45) is 5.92 Å². The highest BCUT2D eigenvalue weighted by atomic mass is 35.5.